The molecule has 0 amide bonds. The SMILES string of the molecule is CCCC(C)c1cc2c([c-]c1C)Cc1cc(C)c(C(C)CCC)cc1-2.CCCC[C](=[Zr+2])CCCC.[C-]1=CC=CC1. The Morgan fingerprint density at radius 1 is 0.825 bits per heavy atom. The molecule has 40 heavy (non-hydrogen) atoms. The van der Waals surface area contributed by atoms with Crippen molar-refractivity contribution in [3.05, 3.63) is 82.0 Å². The maximum atomic E-state index is 3.74. The van der Waals surface area contributed by atoms with Crippen molar-refractivity contribution in [3.63, 3.8) is 0 Å². The minimum atomic E-state index is 0.625. The molecule has 0 fully saturated rings. The van der Waals surface area contributed by atoms with E-state index < -0.39 is 0 Å². The van der Waals surface area contributed by atoms with Crippen LogP contribution in [0.1, 0.15) is 157 Å². The molecule has 0 heterocycles. The summed E-state index contributed by atoms with van der Waals surface area (Å²) in [5.41, 5.74) is 11.7. The molecule has 2 aliphatic carbocycles. The van der Waals surface area contributed by atoms with Gasteiger partial charge in [0.05, 0.1) is 0 Å². The van der Waals surface area contributed by atoms with E-state index in [-0.39, 0.29) is 0 Å². The standard InChI is InChI=1S/C25H33.C9H18.C5H5.Zr/c1-7-9-16(3)22-14-24-20(11-18(22)5)13-21-12-19(6)23(15-25(21)24)17(4)10-8-2;1-3-5-7-9-8-6-4-2;1-2-4-5-3-1;/h11,14-17H,7-10,13H2,1-6H3;3-8H2,1-2H3;1-3H,4H2;/q-1;;-1;+2. The van der Waals surface area contributed by atoms with Crippen LogP contribution >= 0.6 is 0 Å². The predicted octanol–water partition coefficient (Wildman–Crippen LogP) is 11.9. The van der Waals surface area contributed by atoms with Crippen LogP contribution in [0.5, 0.6) is 0 Å². The van der Waals surface area contributed by atoms with E-state index >= 15 is 0 Å². The number of fused-ring (bicyclic) bond motifs is 3. The zero-order valence-electron chi connectivity index (χ0n) is 27.1. The molecular formula is C39H56Zr. The molecule has 0 saturated heterocycles. The molecule has 2 aromatic carbocycles. The van der Waals surface area contributed by atoms with Gasteiger partial charge in [-0.2, -0.15) is 23.8 Å². The van der Waals surface area contributed by atoms with Crippen molar-refractivity contribution in [3.8, 4) is 11.1 Å². The first-order valence-electron chi connectivity index (χ1n) is 16.2. The van der Waals surface area contributed by atoms with E-state index in [4.69, 9.17) is 0 Å². The van der Waals surface area contributed by atoms with Crippen LogP contribution < -0.4 is 0 Å². The Kier molecular flexibility index (Phi) is 16.5. The fraction of sp³-hybridized carbons (Fsp3) is 0.564. The van der Waals surface area contributed by atoms with Crippen molar-refractivity contribution in [2.45, 2.75) is 144 Å². The van der Waals surface area contributed by atoms with Crippen LogP contribution in [0.3, 0.4) is 0 Å². The van der Waals surface area contributed by atoms with Crippen molar-refractivity contribution < 1.29 is 24.2 Å². The second-order valence-electron chi connectivity index (χ2n) is 12.0. The number of rotatable bonds is 12. The summed E-state index contributed by atoms with van der Waals surface area (Å²) in [7, 11) is 0. The summed E-state index contributed by atoms with van der Waals surface area (Å²) in [4.78, 5) is 0. The van der Waals surface area contributed by atoms with Crippen molar-refractivity contribution in [2.75, 3.05) is 0 Å². The maximum absolute atomic E-state index is 3.74. The van der Waals surface area contributed by atoms with E-state index in [1.807, 2.05) is 12.2 Å². The van der Waals surface area contributed by atoms with Gasteiger partial charge in [-0.25, -0.2) is 12.2 Å². The van der Waals surface area contributed by atoms with Gasteiger partial charge in [0, 0.05) is 0 Å². The Labute approximate surface area is 263 Å². The molecule has 216 valence electrons. The van der Waals surface area contributed by atoms with E-state index in [1.165, 1.54) is 109 Å². The molecule has 0 bridgehead atoms. The molecule has 0 radical (unpaired) electrons. The quantitative estimate of drug-likeness (QED) is 0.178. The molecule has 2 unspecified atom stereocenters. The topological polar surface area (TPSA) is 0 Å². The second-order valence-corrected chi connectivity index (χ2v) is 13.7. The van der Waals surface area contributed by atoms with Gasteiger partial charge in [0.15, 0.2) is 0 Å². The van der Waals surface area contributed by atoms with Crippen LogP contribution in [0.4, 0.5) is 0 Å². The van der Waals surface area contributed by atoms with Crippen LogP contribution in [-0.4, -0.2) is 3.21 Å². The van der Waals surface area contributed by atoms with Gasteiger partial charge in [-0.1, -0.05) is 77.5 Å². The molecule has 0 aromatic heterocycles. The molecule has 2 atom stereocenters. The molecule has 2 aliphatic rings. The van der Waals surface area contributed by atoms with E-state index in [2.05, 4.69) is 91.8 Å². The third kappa shape index (κ3) is 10.8. The number of hydrogen-bond acceptors (Lipinski definition) is 0. The molecule has 2 aromatic rings. The summed E-state index contributed by atoms with van der Waals surface area (Å²) < 4.78 is 1.79. The summed E-state index contributed by atoms with van der Waals surface area (Å²) in [5, 5.41) is 0. The summed E-state index contributed by atoms with van der Waals surface area (Å²) in [5.74, 6) is 1.27. The number of unbranched alkanes of at least 4 members (excludes halogenated alkanes) is 2. The van der Waals surface area contributed by atoms with Crippen molar-refractivity contribution in [1.29, 1.82) is 0 Å². The number of allylic oxidation sites excluding steroid dienone is 4. The van der Waals surface area contributed by atoms with Gasteiger partial charge in [0.1, 0.15) is 0 Å². The second kappa shape index (κ2) is 19.0. The Morgan fingerprint density at radius 2 is 1.43 bits per heavy atom. The van der Waals surface area contributed by atoms with Gasteiger partial charge in [-0.15, -0.1) is 23.1 Å². The van der Waals surface area contributed by atoms with Gasteiger partial charge < -0.3 is 0 Å². The van der Waals surface area contributed by atoms with Crippen molar-refractivity contribution >= 4 is 3.21 Å². The monoisotopic (exact) mass is 614 g/mol. The van der Waals surface area contributed by atoms with Gasteiger partial charge >= 0.3 is 79.8 Å². The Morgan fingerprint density at radius 3 is 1.93 bits per heavy atom. The van der Waals surface area contributed by atoms with Crippen molar-refractivity contribution in [2.24, 2.45) is 0 Å². The van der Waals surface area contributed by atoms with Crippen LogP contribution in [-0.2, 0) is 30.7 Å². The largest absolute Gasteiger partial charge is 0.273 e. The zero-order valence-corrected chi connectivity index (χ0v) is 29.6. The molecule has 0 spiro atoms. The smallest absolute Gasteiger partial charge is 0.109 e. The zero-order chi connectivity index (χ0) is 29.5. The van der Waals surface area contributed by atoms with E-state index in [9.17, 15) is 0 Å². The number of benzene rings is 2. The van der Waals surface area contributed by atoms with Gasteiger partial charge in [0.2, 0.25) is 0 Å². The van der Waals surface area contributed by atoms with Gasteiger partial charge in [-0.05, 0) is 42.4 Å². The Hall–Kier alpha value is -1.33. The van der Waals surface area contributed by atoms with Gasteiger partial charge in [-0.3, -0.25) is 6.08 Å². The predicted molar refractivity (Wildman–Crippen MR) is 175 cm³/mol. The van der Waals surface area contributed by atoms with Crippen LogP contribution in [0, 0.1) is 26.0 Å². The average molecular weight is 616 g/mol. The Balaban J connectivity index is 0.000000307. The summed E-state index contributed by atoms with van der Waals surface area (Å²) in [6.45, 7) is 18.4. The van der Waals surface area contributed by atoms with Crippen molar-refractivity contribution in [1.82, 2.24) is 0 Å². The van der Waals surface area contributed by atoms with Crippen LogP contribution in [0.15, 0.2) is 36.4 Å². The minimum absolute atomic E-state index is 0.625. The van der Waals surface area contributed by atoms with E-state index in [1.54, 1.807) is 27.4 Å². The van der Waals surface area contributed by atoms with E-state index in [0.29, 0.717) is 11.8 Å². The summed E-state index contributed by atoms with van der Waals surface area (Å²) in [6.07, 6.45) is 24.4. The summed E-state index contributed by atoms with van der Waals surface area (Å²) >= 11 is 1.67. The first kappa shape index (κ1) is 34.9. The molecule has 0 N–H and O–H groups in total. The van der Waals surface area contributed by atoms with Crippen LogP contribution in [0.25, 0.3) is 11.1 Å². The minimum Gasteiger partial charge on any atom is -0.273 e. The molecule has 0 nitrogen and oxygen atoms in total. The molecular weight excluding hydrogens is 560 g/mol. The summed E-state index contributed by atoms with van der Waals surface area (Å²) in [6, 6.07) is 11.2. The molecule has 4 rings (SSSR count). The fourth-order valence-corrected chi connectivity index (χ4v) is 6.80. The third-order valence-corrected chi connectivity index (χ3v) is 9.53. The van der Waals surface area contributed by atoms with Crippen LogP contribution in [0.2, 0.25) is 0 Å². The van der Waals surface area contributed by atoms with E-state index in [0.717, 1.165) is 12.8 Å². The molecule has 1 heteroatoms. The van der Waals surface area contributed by atoms with Gasteiger partial charge in [0.25, 0.3) is 0 Å². The number of hydrogen-bond donors (Lipinski definition) is 0. The first-order valence-corrected chi connectivity index (χ1v) is 17.5. The maximum Gasteiger partial charge on any atom is -0.109 e. The average Bonchev–Trinajstić information content (AvgIpc) is 3.62. The first-order chi connectivity index (χ1) is 19.3. The molecule has 0 aliphatic heterocycles. The number of aryl methyl sites for hydroxylation is 2. The Bertz CT molecular complexity index is 1030. The third-order valence-electron chi connectivity index (χ3n) is 8.30. The molecule has 0 saturated carbocycles. The fourth-order valence-electron chi connectivity index (χ4n) is 5.93. The normalized spacial score (nSPS) is 14.1.